The molecular formula is C10H18Cl2N2O4. The lowest BCUT2D eigenvalue weighted by Crippen LogP contribution is -2.37. The van der Waals surface area contributed by atoms with Gasteiger partial charge in [-0.25, -0.2) is 0 Å². The third-order valence-corrected chi connectivity index (χ3v) is 2.97. The summed E-state index contributed by atoms with van der Waals surface area (Å²) >= 11 is 11.0. The Morgan fingerprint density at radius 1 is 1.11 bits per heavy atom. The lowest BCUT2D eigenvalue weighted by atomic mass is 10.1. The average molecular weight is 301 g/mol. The maximum atomic E-state index is 11.5. The second-order valence-electron chi connectivity index (χ2n) is 3.85. The monoisotopic (exact) mass is 300 g/mol. The van der Waals surface area contributed by atoms with Crippen molar-refractivity contribution in [2.75, 3.05) is 11.8 Å². The number of esters is 1. The summed E-state index contributed by atoms with van der Waals surface area (Å²) in [6.45, 7) is 0. The van der Waals surface area contributed by atoms with Crippen molar-refractivity contribution in [3.8, 4) is 0 Å². The van der Waals surface area contributed by atoms with Gasteiger partial charge in [0.15, 0.2) is 0 Å². The Bertz CT molecular complexity index is 275. The van der Waals surface area contributed by atoms with Crippen molar-refractivity contribution < 1.29 is 19.4 Å². The molecule has 0 bridgehead atoms. The van der Waals surface area contributed by atoms with Crippen LogP contribution in [0.25, 0.3) is 0 Å². The molecule has 8 heteroatoms. The van der Waals surface area contributed by atoms with Gasteiger partial charge in [-0.2, -0.15) is 0 Å². The van der Waals surface area contributed by atoms with Crippen LogP contribution in [0, 0.1) is 0 Å². The van der Waals surface area contributed by atoms with Crippen molar-refractivity contribution in [1.82, 2.24) is 0 Å². The minimum atomic E-state index is -1.07. The summed E-state index contributed by atoms with van der Waals surface area (Å²) < 4.78 is 4.94. The highest BCUT2D eigenvalue weighted by molar-refractivity contribution is 6.21. The number of carboxylic acids is 1. The number of ether oxygens (including phenoxy) is 1. The van der Waals surface area contributed by atoms with Crippen molar-refractivity contribution in [2.24, 2.45) is 11.5 Å². The largest absolute Gasteiger partial charge is 0.480 e. The van der Waals surface area contributed by atoms with Gasteiger partial charge in [0.25, 0.3) is 0 Å². The molecule has 0 radical (unpaired) electrons. The van der Waals surface area contributed by atoms with Crippen LogP contribution in [0.15, 0.2) is 0 Å². The molecule has 0 rings (SSSR count). The van der Waals surface area contributed by atoms with Crippen LogP contribution in [0.3, 0.4) is 0 Å². The first-order chi connectivity index (χ1) is 8.42. The van der Waals surface area contributed by atoms with E-state index in [0.29, 0.717) is 12.8 Å². The standard InChI is InChI=1S/C10H18Cl2N2O4/c11-4-6(5-12)18-10(17)8(14)3-1-2-7(13)9(15)16/h6-8H,1-5,13-14H2,(H,15,16)/t7-,8?/m0/s1. The van der Waals surface area contributed by atoms with Crippen molar-refractivity contribution in [3.63, 3.8) is 0 Å². The lowest BCUT2D eigenvalue weighted by molar-refractivity contribution is -0.148. The van der Waals surface area contributed by atoms with E-state index in [0.717, 1.165) is 0 Å². The Labute approximate surface area is 116 Å². The molecule has 2 atom stereocenters. The molecule has 0 aliphatic heterocycles. The second-order valence-corrected chi connectivity index (χ2v) is 4.47. The van der Waals surface area contributed by atoms with Crippen LogP contribution in [0.4, 0.5) is 0 Å². The minimum absolute atomic E-state index is 0.103. The van der Waals surface area contributed by atoms with E-state index in [1.165, 1.54) is 0 Å². The lowest BCUT2D eigenvalue weighted by Gasteiger charge is -2.16. The Balaban J connectivity index is 3.91. The molecule has 0 saturated carbocycles. The van der Waals surface area contributed by atoms with Crippen molar-refractivity contribution in [1.29, 1.82) is 0 Å². The molecule has 0 aliphatic rings. The van der Waals surface area contributed by atoms with E-state index in [-0.39, 0.29) is 18.2 Å². The molecule has 0 aromatic rings. The zero-order valence-electron chi connectivity index (χ0n) is 9.85. The van der Waals surface area contributed by atoms with Gasteiger partial charge in [-0.05, 0) is 19.3 Å². The van der Waals surface area contributed by atoms with E-state index < -0.39 is 30.1 Å². The number of carboxylic acid groups (broad SMARTS) is 1. The summed E-state index contributed by atoms with van der Waals surface area (Å²) in [7, 11) is 0. The normalized spacial score (nSPS) is 14.3. The summed E-state index contributed by atoms with van der Waals surface area (Å²) in [4.78, 5) is 21.9. The van der Waals surface area contributed by atoms with Gasteiger partial charge in [0.2, 0.25) is 0 Å². The van der Waals surface area contributed by atoms with E-state index in [1.54, 1.807) is 0 Å². The Hall–Kier alpha value is -0.560. The van der Waals surface area contributed by atoms with Crippen LogP contribution in [0.2, 0.25) is 0 Å². The molecule has 0 aliphatic carbocycles. The fraction of sp³-hybridized carbons (Fsp3) is 0.800. The van der Waals surface area contributed by atoms with Gasteiger partial charge in [-0.1, -0.05) is 0 Å². The average Bonchev–Trinajstić information content (AvgIpc) is 2.34. The van der Waals surface area contributed by atoms with Crippen LogP contribution in [-0.2, 0) is 14.3 Å². The Kier molecular flexibility index (Phi) is 9.09. The molecule has 0 spiro atoms. The maximum Gasteiger partial charge on any atom is 0.323 e. The number of rotatable bonds is 9. The van der Waals surface area contributed by atoms with Crippen LogP contribution in [0.5, 0.6) is 0 Å². The molecular weight excluding hydrogens is 283 g/mol. The molecule has 0 amide bonds. The third kappa shape index (κ3) is 7.00. The first-order valence-corrected chi connectivity index (χ1v) is 6.55. The molecule has 1 unspecified atom stereocenters. The summed E-state index contributed by atoms with van der Waals surface area (Å²) in [5.41, 5.74) is 10.9. The SMILES string of the molecule is NC(CCC[C@H](N)C(=O)O)C(=O)OC(CCl)CCl. The van der Waals surface area contributed by atoms with Crippen molar-refractivity contribution in [3.05, 3.63) is 0 Å². The van der Waals surface area contributed by atoms with Crippen LogP contribution >= 0.6 is 23.2 Å². The van der Waals surface area contributed by atoms with E-state index in [2.05, 4.69) is 0 Å². The van der Waals surface area contributed by atoms with Gasteiger partial charge >= 0.3 is 11.9 Å². The van der Waals surface area contributed by atoms with Gasteiger partial charge in [0.1, 0.15) is 18.2 Å². The number of hydrogen-bond acceptors (Lipinski definition) is 5. The Morgan fingerprint density at radius 3 is 2.06 bits per heavy atom. The van der Waals surface area contributed by atoms with E-state index in [4.69, 9.17) is 44.5 Å². The van der Waals surface area contributed by atoms with Gasteiger partial charge in [-0.15, -0.1) is 23.2 Å². The predicted octanol–water partition coefficient (Wildman–Crippen LogP) is 0.285. The fourth-order valence-electron chi connectivity index (χ4n) is 1.15. The van der Waals surface area contributed by atoms with Gasteiger partial charge in [0, 0.05) is 0 Å². The molecule has 6 nitrogen and oxygen atoms in total. The first-order valence-electron chi connectivity index (χ1n) is 5.48. The van der Waals surface area contributed by atoms with Crippen LogP contribution in [0.1, 0.15) is 19.3 Å². The number of carbonyl (C=O) groups excluding carboxylic acids is 1. The zero-order valence-corrected chi connectivity index (χ0v) is 11.4. The number of carbonyl (C=O) groups is 2. The Morgan fingerprint density at radius 2 is 1.61 bits per heavy atom. The first kappa shape index (κ1) is 17.4. The number of alkyl halides is 2. The summed E-state index contributed by atoms with van der Waals surface area (Å²) in [5.74, 6) is -1.46. The quantitative estimate of drug-likeness (QED) is 0.416. The summed E-state index contributed by atoms with van der Waals surface area (Å²) in [5, 5.41) is 8.56. The molecule has 106 valence electrons. The minimum Gasteiger partial charge on any atom is -0.480 e. The fourth-order valence-corrected chi connectivity index (χ4v) is 1.61. The van der Waals surface area contributed by atoms with E-state index in [1.807, 2.05) is 0 Å². The van der Waals surface area contributed by atoms with Crippen molar-refractivity contribution >= 4 is 35.1 Å². The number of nitrogens with two attached hydrogens (primary N) is 2. The molecule has 0 heterocycles. The van der Waals surface area contributed by atoms with Gasteiger partial charge < -0.3 is 21.3 Å². The van der Waals surface area contributed by atoms with Crippen molar-refractivity contribution in [2.45, 2.75) is 37.5 Å². The highest BCUT2D eigenvalue weighted by Gasteiger charge is 2.20. The highest BCUT2D eigenvalue weighted by atomic mass is 35.5. The molecule has 0 saturated heterocycles. The number of aliphatic carboxylic acids is 1. The zero-order chi connectivity index (χ0) is 14.1. The van der Waals surface area contributed by atoms with Crippen LogP contribution in [-0.4, -0.2) is 47.0 Å². The predicted molar refractivity (Wildman–Crippen MR) is 68.8 cm³/mol. The van der Waals surface area contributed by atoms with E-state index >= 15 is 0 Å². The number of hydrogen-bond donors (Lipinski definition) is 3. The van der Waals surface area contributed by atoms with Gasteiger partial charge in [-0.3, -0.25) is 9.59 Å². The second kappa shape index (κ2) is 9.38. The van der Waals surface area contributed by atoms with Crippen LogP contribution < -0.4 is 11.5 Å². The maximum absolute atomic E-state index is 11.5. The smallest absolute Gasteiger partial charge is 0.323 e. The summed E-state index contributed by atoms with van der Waals surface area (Å²) in [6, 6.07) is -1.76. The summed E-state index contributed by atoms with van der Waals surface area (Å²) in [6.07, 6.45) is 0.422. The molecule has 5 N–H and O–H groups in total. The molecule has 0 fully saturated rings. The highest BCUT2D eigenvalue weighted by Crippen LogP contribution is 2.06. The third-order valence-electron chi connectivity index (χ3n) is 2.28. The molecule has 18 heavy (non-hydrogen) atoms. The molecule has 0 aromatic carbocycles. The number of halogens is 2. The van der Waals surface area contributed by atoms with Gasteiger partial charge in [0.05, 0.1) is 11.8 Å². The molecule has 0 aromatic heterocycles. The topological polar surface area (TPSA) is 116 Å². The van der Waals surface area contributed by atoms with E-state index in [9.17, 15) is 9.59 Å².